The molecule has 3 heterocycles. The Kier molecular flexibility index (Phi) is 5.71. The van der Waals surface area contributed by atoms with Crippen LogP contribution in [0.4, 0.5) is 0 Å². The second-order valence-electron chi connectivity index (χ2n) is 7.94. The fourth-order valence-electron chi connectivity index (χ4n) is 4.47. The van der Waals surface area contributed by atoms with Crippen LogP contribution >= 0.6 is 0 Å². The highest BCUT2D eigenvalue weighted by molar-refractivity contribution is 5.80. The van der Waals surface area contributed by atoms with E-state index in [1.54, 1.807) is 0 Å². The summed E-state index contributed by atoms with van der Waals surface area (Å²) >= 11 is 0. The van der Waals surface area contributed by atoms with Crippen LogP contribution in [0.1, 0.15) is 43.7 Å². The molecule has 0 saturated carbocycles. The number of amides is 2. The van der Waals surface area contributed by atoms with Gasteiger partial charge < -0.3 is 20.1 Å². The first-order valence-corrected chi connectivity index (χ1v) is 10.3. The van der Waals surface area contributed by atoms with E-state index in [2.05, 4.69) is 17.0 Å². The van der Waals surface area contributed by atoms with Crippen molar-refractivity contribution in [3.8, 4) is 11.5 Å². The van der Waals surface area contributed by atoms with Gasteiger partial charge in [-0.1, -0.05) is 6.07 Å². The van der Waals surface area contributed by atoms with Crippen LogP contribution < -0.4 is 15.2 Å². The topological polar surface area (TPSA) is 85.1 Å². The quantitative estimate of drug-likeness (QED) is 0.850. The van der Waals surface area contributed by atoms with Crippen molar-refractivity contribution in [1.82, 2.24) is 9.80 Å². The van der Waals surface area contributed by atoms with E-state index in [0.717, 1.165) is 37.3 Å². The molecule has 2 N–H and O–H groups in total. The molecular weight excluding hydrogens is 358 g/mol. The van der Waals surface area contributed by atoms with Crippen molar-refractivity contribution in [2.75, 3.05) is 39.4 Å². The van der Waals surface area contributed by atoms with Gasteiger partial charge in [0.2, 0.25) is 11.8 Å². The average molecular weight is 387 g/mol. The number of carbonyl (C=O) groups excluding carboxylic acids is 2. The minimum atomic E-state index is -0.249. The van der Waals surface area contributed by atoms with Crippen LogP contribution in [0.15, 0.2) is 18.2 Å². The lowest BCUT2D eigenvalue weighted by molar-refractivity contribution is -0.136. The van der Waals surface area contributed by atoms with Crippen LogP contribution in [0.3, 0.4) is 0 Å². The normalized spacial score (nSPS) is 23.4. The van der Waals surface area contributed by atoms with Gasteiger partial charge in [-0.3, -0.25) is 14.5 Å². The van der Waals surface area contributed by atoms with Gasteiger partial charge in [-0.05, 0) is 49.9 Å². The minimum absolute atomic E-state index is 0.0922. The Bertz CT molecular complexity index is 730. The SMILES string of the molecule is NC(=O)C1CCN(C(=O)CN2CCCC2c2ccc3c(c2)OCCCO3)CC1. The Labute approximate surface area is 165 Å². The lowest BCUT2D eigenvalue weighted by Gasteiger charge is -2.33. The molecule has 2 fully saturated rings. The second-order valence-corrected chi connectivity index (χ2v) is 7.94. The minimum Gasteiger partial charge on any atom is -0.490 e. The van der Waals surface area contributed by atoms with Crippen molar-refractivity contribution >= 4 is 11.8 Å². The number of rotatable bonds is 4. The number of likely N-dealkylation sites (tertiary alicyclic amines) is 2. The molecule has 1 unspecified atom stereocenters. The number of primary amides is 1. The zero-order chi connectivity index (χ0) is 19.5. The van der Waals surface area contributed by atoms with Crippen LogP contribution in [-0.2, 0) is 9.59 Å². The molecule has 0 spiro atoms. The van der Waals surface area contributed by atoms with Gasteiger partial charge in [0.25, 0.3) is 0 Å². The van der Waals surface area contributed by atoms with E-state index in [1.165, 1.54) is 5.56 Å². The Morgan fingerprint density at radius 1 is 1.00 bits per heavy atom. The van der Waals surface area contributed by atoms with E-state index in [0.29, 0.717) is 45.7 Å². The molecule has 0 radical (unpaired) electrons. The van der Waals surface area contributed by atoms with Gasteiger partial charge in [-0.2, -0.15) is 0 Å². The van der Waals surface area contributed by atoms with Crippen LogP contribution in [0.5, 0.6) is 11.5 Å². The number of fused-ring (bicyclic) bond motifs is 1. The third kappa shape index (κ3) is 4.09. The molecule has 0 bridgehead atoms. The maximum atomic E-state index is 12.8. The summed E-state index contributed by atoms with van der Waals surface area (Å²) in [6, 6.07) is 6.39. The van der Waals surface area contributed by atoms with Gasteiger partial charge in [0.1, 0.15) is 0 Å². The van der Waals surface area contributed by atoms with Gasteiger partial charge in [0.15, 0.2) is 11.5 Å². The van der Waals surface area contributed by atoms with Gasteiger partial charge in [-0.15, -0.1) is 0 Å². The van der Waals surface area contributed by atoms with E-state index in [1.807, 2.05) is 11.0 Å². The summed E-state index contributed by atoms with van der Waals surface area (Å²) in [5, 5.41) is 0. The summed E-state index contributed by atoms with van der Waals surface area (Å²) in [6.45, 7) is 3.93. The molecule has 3 aliphatic rings. The van der Waals surface area contributed by atoms with Gasteiger partial charge >= 0.3 is 0 Å². The molecule has 3 aliphatic heterocycles. The van der Waals surface area contributed by atoms with Crippen LogP contribution in [0.25, 0.3) is 0 Å². The Morgan fingerprint density at radius 2 is 1.75 bits per heavy atom. The van der Waals surface area contributed by atoms with E-state index in [9.17, 15) is 9.59 Å². The van der Waals surface area contributed by atoms with Gasteiger partial charge in [0, 0.05) is 31.5 Å². The molecule has 7 heteroatoms. The third-order valence-electron chi connectivity index (χ3n) is 6.11. The highest BCUT2D eigenvalue weighted by atomic mass is 16.5. The number of benzene rings is 1. The Balaban J connectivity index is 1.39. The Morgan fingerprint density at radius 3 is 2.50 bits per heavy atom. The van der Waals surface area contributed by atoms with Crippen LogP contribution in [-0.4, -0.2) is 61.0 Å². The standard InChI is InChI=1S/C21H29N3O4/c22-21(26)15-6-9-23(10-7-15)20(25)14-24-8-1-3-17(24)16-4-5-18-19(13-16)28-12-2-11-27-18/h4-5,13,15,17H,1-3,6-12,14H2,(H2,22,26). The number of nitrogens with two attached hydrogens (primary N) is 1. The average Bonchev–Trinajstić information content (AvgIpc) is 3.03. The molecule has 1 aromatic carbocycles. The summed E-state index contributed by atoms with van der Waals surface area (Å²) in [4.78, 5) is 28.3. The fourth-order valence-corrected chi connectivity index (χ4v) is 4.47. The van der Waals surface area contributed by atoms with Crippen LogP contribution in [0, 0.1) is 5.92 Å². The van der Waals surface area contributed by atoms with Crippen molar-refractivity contribution in [2.24, 2.45) is 11.7 Å². The Hall–Kier alpha value is -2.28. The first-order valence-electron chi connectivity index (χ1n) is 10.3. The van der Waals surface area contributed by atoms with Crippen molar-refractivity contribution in [2.45, 2.75) is 38.1 Å². The number of carbonyl (C=O) groups is 2. The molecule has 4 rings (SSSR count). The van der Waals surface area contributed by atoms with Crippen LogP contribution in [0.2, 0.25) is 0 Å². The highest BCUT2D eigenvalue weighted by Gasteiger charge is 2.31. The first kappa shape index (κ1) is 19.1. The maximum Gasteiger partial charge on any atom is 0.236 e. The molecule has 2 saturated heterocycles. The predicted octanol–water partition coefficient (Wildman–Crippen LogP) is 1.71. The largest absolute Gasteiger partial charge is 0.490 e. The molecule has 2 amide bonds. The summed E-state index contributed by atoms with van der Waals surface area (Å²) in [5.41, 5.74) is 6.57. The molecule has 28 heavy (non-hydrogen) atoms. The van der Waals surface area contributed by atoms with E-state index >= 15 is 0 Å². The number of piperidine rings is 1. The second kappa shape index (κ2) is 8.39. The van der Waals surface area contributed by atoms with E-state index in [-0.39, 0.29) is 23.8 Å². The first-order chi connectivity index (χ1) is 13.6. The summed E-state index contributed by atoms with van der Waals surface area (Å²) in [7, 11) is 0. The zero-order valence-electron chi connectivity index (χ0n) is 16.3. The molecule has 152 valence electrons. The predicted molar refractivity (Wildman–Crippen MR) is 104 cm³/mol. The van der Waals surface area contributed by atoms with Crippen molar-refractivity contribution in [1.29, 1.82) is 0 Å². The molecule has 1 atom stereocenters. The fraction of sp³-hybridized carbons (Fsp3) is 0.619. The van der Waals surface area contributed by atoms with E-state index in [4.69, 9.17) is 15.2 Å². The lowest BCUT2D eigenvalue weighted by atomic mass is 9.96. The van der Waals surface area contributed by atoms with Crippen molar-refractivity contribution in [3.05, 3.63) is 23.8 Å². The summed E-state index contributed by atoms with van der Waals surface area (Å²) in [5.74, 6) is 1.41. The molecular formula is C21H29N3O4. The third-order valence-corrected chi connectivity index (χ3v) is 6.11. The number of hydrogen-bond donors (Lipinski definition) is 1. The smallest absolute Gasteiger partial charge is 0.236 e. The van der Waals surface area contributed by atoms with Gasteiger partial charge in [0.05, 0.1) is 19.8 Å². The summed E-state index contributed by atoms with van der Waals surface area (Å²) < 4.78 is 11.6. The van der Waals surface area contributed by atoms with Crippen molar-refractivity contribution in [3.63, 3.8) is 0 Å². The molecule has 0 aromatic heterocycles. The van der Waals surface area contributed by atoms with Gasteiger partial charge in [-0.25, -0.2) is 0 Å². The molecule has 0 aliphatic carbocycles. The molecule has 7 nitrogen and oxygen atoms in total. The zero-order valence-corrected chi connectivity index (χ0v) is 16.3. The number of nitrogens with zero attached hydrogens (tertiary/aromatic N) is 2. The maximum absolute atomic E-state index is 12.8. The number of hydrogen-bond acceptors (Lipinski definition) is 5. The molecule has 1 aromatic rings. The lowest BCUT2D eigenvalue weighted by Crippen LogP contribution is -2.45. The highest BCUT2D eigenvalue weighted by Crippen LogP contribution is 2.37. The monoisotopic (exact) mass is 387 g/mol. The summed E-state index contributed by atoms with van der Waals surface area (Å²) in [6.07, 6.45) is 4.35. The number of ether oxygens (including phenoxy) is 2. The van der Waals surface area contributed by atoms with Crippen molar-refractivity contribution < 1.29 is 19.1 Å². The van der Waals surface area contributed by atoms with E-state index < -0.39 is 0 Å².